The number of nitrogens with one attached hydrogen (secondary N) is 3. The molecule has 5 amide bonds. The van der Waals surface area contributed by atoms with Crippen LogP contribution in [0.2, 0.25) is 0 Å². The number of carbonyl (C=O) groups is 4. The predicted molar refractivity (Wildman–Crippen MR) is 115 cm³/mol. The molecule has 0 aromatic heterocycles. The molecule has 1 heterocycles. The van der Waals surface area contributed by atoms with E-state index in [2.05, 4.69) is 16.2 Å². The first-order chi connectivity index (χ1) is 15.5. The first kappa shape index (κ1) is 21.4. The quantitative estimate of drug-likeness (QED) is 0.471. The average molecular weight is 436 g/mol. The number of hydrazine groups is 1. The minimum atomic E-state index is -0.874. The van der Waals surface area contributed by atoms with Crippen LogP contribution in [0.5, 0.6) is 5.75 Å². The number of para-hydroxylation sites is 1. The van der Waals surface area contributed by atoms with Crippen LogP contribution in [-0.4, -0.2) is 47.3 Å². The number of urea groups is 1. The topological polar surface area (TPSA) is 117 Å². The number of amides is 5. The molecule has 0 radical (unpaired) electrons. The lowest BCUT2D eigenvalue weighted by atomic mass is 9.98. The van der Waals surface area contributed by atoms with Crippen LogP contribution < -0.4 is 20.9 Å². The van der Waals surface area contributed by atoms with Crippen LogP contribution in [0.3, 0.4) is 0 Å². The number of imide groups is 1. The van der Waals surface area contributed by atoms with Crippen LogP contribution in [0.4, 0.5) is 4.79 Å². The van der Waals surface area contributed by atoms with Crippen LogP contribution in [-0.2, 0) is 14.4 Å². The zero-order valence-electron chi connectivity index (χ0n) is 17.4. The lowest BCUT2D eigenvalue weighted by molar-refractivity contribution is -0.136. The van der Waals surface area contributed by atoms with Gasteiger partial charge in [-0.25, -0.2) is 4.79 Å². The van der Waals surface area contributed by atoms with Gasteiger partial charge in [-0.1, -0.05) is 61.4 Å². The molecule has 2 fully saturated rings. The summed E-state index contributed by atoms with van der Waals surface area (Å²) >= 11 is 0. The number of hydrogen-bond donors (Lipinski definition) is 3. The Bertz CT molecular complexity index is 1030. The molecule has 0 atom stereocenters. The minimum absolute atomic E-state index is 0.323. The van der Waals surface area contributed by atoms with Crippen molar-refractivity contribution in [3.63, 3.8) is 0 Å². The van der Waals surface area contributed by atoms with E-state index in [-0.39, 0.29) is 12.5 Å². The van der Waals surface area contributed by atoms with Crippen molar-refractivity contribution in [2.75, 3.05) is 13.2 Å². The third kappa shape index (κ3) is 4.41. The van der Waals surface area contributed by atoms with Gasteiger partial charge in [0.15, 0.2) is 6.61 Å². The van der Waals surface area contributed by atoms with Gasteiger partial charge in [-0.05, 0) is 24.5 Å². The predicted octanol–water partition coefficient (Wildman–Crippen LogP) is 1.74. The molecule has 9 nitrogen and oxygen atoms in total. The highest BCUT2D eigenvalue weighted by Crippen LogP contribution is 2.34. The first-order valence-electron chi connectivity index (χ1n) is 10.5. The summed E-state index contributed by atoms with van der Waals surface area (Å²) in [6.45, 7) is -0.791. The third-order valence-corrected chi connectivity index (χ3v) is 5.68. The van der Waals surface area contributed by atoms with Crippen molar-refractivity contribution in [2.45, 2.75) is 31.2 Å². The molecule has 2 aromatic rings. The molecule has 1 aliphatic carbocycles. The molecule has 0 unspecified atom stereocenters. The van der Waals surface area contributed by atoms with Crippen molar-refractivity contribution in [1.29, 1.82) is 0 Å². The molecule has 0 bridgehead atoms. The average Bonchev–Trinajstić information content (AvgIpc) is 3.37. The number of ether oxygens (including phenoxy) is 1. The van der Waals surface area contributed by atoms with Crippen molar-refractivity contribution in [3.05, 3.63) is 54.6 Å². The van der Waals surface area contributed by atoms with Crippen LogP contribution in [0.1, 0.15) is 25.7 Å². The fourth-order valence-corrected chi connectivity index (χ4v) is 4.09. The minimum Gasteiger partial charge on any atom is -0.483 e. The molecule has 4 rings (SSSR count). The van der Waals surface area contributed by atoms with Gasteiger partial charge in [0.05, 0.1) is 0 Å². The molecular formula is C23H24N4O5. The Kier molecular flexibility index (Phi) is 6.07. The second-order valence-electron chi connectivity index (χ2n) is 7.86. The van der Waals surface area contributed by atoms with Gasteiger partial charge in [-0.3, -0.25) is 30.1 Å². The van der Waals surface area contributed by atoms with E-state index in [1.165, 1.54) is 0 Å². The molecule has 166 valence electrons. The standard InChI is InChI=1S/C23H24N4O5/c28-19(14-27-21(30)23(24-22(27)31)12-6-7-13-23)25-26-20(29)15-32-18-11-5-4-10-17(18)16-8-2-1-3-9-16/h1-5,8-11H,6-7,12-15H2,(H,24,31)(H,25,28)(H,26,29). The third-order valence-electron chi connectivity index (χ3n) is 5.68. The monoisotopic (exact) mass is 436 g/mol. The second kappa shape index (κ2) is 9.09. The van der Waals surface area contributed by atoms with E-state index >= 15 is 0 Å². The van der Waals surface area contributed by atoms with E-state index in [9.17, 15) is 19.2 Å². The fourth-order valence-electron chi connectivity index (χ4n) is 4.09. The molecular weight excluding hydrogens is 412 g/mol. The molecule has 2 aromatic carbocycles. The van der Waals surface area contributed by atoms with E-state index in [4.69, 9.17) is 4.74 Å². The normalized spacial score (nSPS) is 16.7. The van der Waals surface area contributed by atoms with Crippen molar-refractivity contribution in [1.82, 2.24) is 21.1 Å². The lowest BCUT2D eigenvalue weighted by Crippen LogP contribution is -2.49. The van der Waals surface area contributed by atoms with E-state index in [0.29, 0.717) is 18.6 Å². The number of rotatable bonds is 6. The summed E-state index contributed by atoms with van der Waals surface area (Å²) in [6.07, 6.45) is 2.87. The van der Waals surface area contributed by atoms with Crippen LogP contribution in [0, 0.1) is 0 Å². The Balaban J connectivity index is 1.27. The molecule has 32 heavy (non-hydrogen) atoms. The lowest BCUT2D eigenvalue weighted by Gasteiger charge is -2.19. The van der Waals surface area contributed by atoms with Gasteiger partial charge in [0.2, 0.25) is 0 Å². The SMILES string of the molecule is O=C(COc1ccccc1-c1ccccc1)NNC(=O)CN1C(=O)NC2(CCCC2)C1=O. The Morgan fingerprint density at radius 1 is 0.938 bits per heavy atom. The molecule has 3 N–H and O–H groups in total. The summed E-state index contributed by atoms with van der Waals surface area (Å²) in [5.41, 5.74) is 5.38. The van der Waals surface area contributed by atoms with Crippen molar-refractivity contribution >= 4 is 23.8 Å². The highest BCUT2D eigenvalue weighted by molar-refractivity contribution is 6.09. The highest BCUT2D eigenvalue weighted by atomic mass is 16.5. The van der Waals surface area contributed by atoms with Crippen molar-refractivity contribution < 1.29 is 23.9 Å². The Hall–Kier alpha value is -3.88. The van der Waals surface area contributed by atoms with E-state index < -0.39 is 29.9 Å². The van der Waals surface area contributed by atoms with Gasteiger partial charge in [-0.2, -0.15) is 0 Å². The molecule has 1 saturated heterocycles. The Morgan fingerprint density at radius 3 is 2.34 bits per heavy atom. The Labute approximate surface area is 185 Å². The van der Waals surface area contributed by atoms with Crippen molar-refractivity contribution in [2.24, 2.45) is 0 Å². The zero-order valence-corrected chi connectivity index (χ0v) is 17.4. The van der Waals surface area contributed by atoms with Gasteiger partial charge < -0.3 is 10.1 Å². The smallest absolute Gasteiger partial charge is 0.325 e. The van der Waals surface area contributed by atoms with Gasteiger partial charge in [0.25, 0.3) is 17.7 Å². The van der Waals surface area contributed by atoms with Crippen LogP contribution >= 0.6 is 0 Å². The number of hydrogen-bond acceptors (Lipinski definition) is 5. The van der Waals surface area contributed by atoms with Gasteiger partial charge in [0, 0.05) is 5.56 Å². The first-order valence-corrected chi connectivity index (χ1v) is 10.5. The van der Waals surface area contributed by atoms with Gasteiger partial charge >= 0.3 is 6.03 Å². The number of benzene rings is 2. The maximum atomic E-state index is 12.6. The van der Waals surface area contributed by atoms with Gasteiger partial charge in [-0.15, -0.1) is 0 Å². The van der Waals surface area contributed by atoms with E-state index in [0.717, 1.165) is 28.9 Å². The van der Waals surface area contributed by atoms with Gasteiger partial charge in [0.1, 0.15) is 17.8 Å². The summed E-state index contributed by atoms with van der Waals surface area (Å²) in [7, 11) is 0. The Morgan fingerprint density at radius 2 is 1.59 bits per heavy atom. The van der Waals surface area contributed by atoms with Crippen molar-refractivity contribution in [3.8, 4) is 16.9 Å². The van der Waals surface area contributed by atoms with E-state index in [1.54, 1.807) is 12.1 Å². The van der Waals surface area contributed by atoms with Crippen LogP contribution in [0.15, 0.2) is 54.6 Å². The molecule has 1 aliphatic heterocycles. The maximum Gasteiger partial charge on any atom is 0.325 e. The molecule has 1 saturated carbocycles. The maximum absolute atomic E-state index is 12.6. The van der Waals surface area contributed by atoms with Crippen LogP contribution in [0.25, 0.3) is 11.1 Å². The number of nitrogens with zero attached hydrogens (tertiary/aromatic N) is 1. The highest BCUT2D eigenvalue weighted by Gasteiger charge is 2.52. The summed E-state index contributed by atoms with van der Waals surface area (Å²) < 4.78 is 5.62. The summed E-state index contributed by atoms with van der Waals surface area (Å²) in [5, 5.41) is 2.71. The summed E-state index contributed by atoms with van der Waals surface area (Å²) in [5.74, 6) is -1.11. The second-order valence-corrected chi connectivity index (χ2v) is 7.86. The molecule has 2 aliphatic rings. The summed E-state index contributed by atoms with van der Waals surface area (Å²) in [6, 6.07) is 16.3. The molecule has 9 heteroatoms. The fraction of sp³-hybridized carbons (Fsp3) is 0.304. The largest absolute Gasteiger partial charge is 0.483 e. The summed E-state index contributed by atoms with van der Waals surface area (Å²) in [4.78, 5) is 49.9. The van der Waals surface area contributed by atoms with E-state index in [1.807, 2.05) is 42.5 Å². The number of carbonyl (C=O) groups excluding carboxylic acids is 4. The molecule has 1 spiro atoms. The zero-order chi connectivity index (χ0) is 22.6.